The summed E-state index contributed by atoms with van der Waals surface area (Å²) >= 11 is 6.49. The van der Waals surface area contributed by atoms with Gasteiger partial charge < -0.3 is 0 Å². The molecule has 2 heteroatoms. The molecule has 0 aromatic rings. The van der Waals surface area contributed by atoms with Crippen molar-refractivity contribution in [1.82, 2.24) is 0 Å². The maximum Gasteiger partial charge on any atom is -0.00288 e. The second-order valence-electron chi connectivity index (χ2n) is 4.24. The van der Waals surface area contributed by atoms with Gasteiger partial charge in [0.05, 0.1) is 0 Å². The van der Waals surface area contributed by atoms with Crippen LogP contribution >= 0.6 is 24.4 Å². The molecule has 0 N–H and O–H groups in total. The minimum absolute atomic E-state index is 0.780. The molecule has 0 amide bonds. The number of thiol groups is 1. The third-order valence-corrected chi connectivity index (χ3v) is 4.55. The molecule has 0 aliphatic rings. The van der Waals surface area contributed by atoms with Gasteiger partial charge in [-0.25, -0.2) is 0 Å². The van der Waals surface area contributed by atoms with Crippen LogP contribution in [-0.2, 0) is 0 Å². The summed E-state index contributed by atoms with van der Waals surface area (Å²) < 4.78 is 0. The molecule has 13 heavy (non-hydrogen) atoms. The average Bonchev–Trinajstić information content (AvgIpc) is 2.11. The van der Waals surface area contributed by atoms with Crippen LogP contribution in [-0.4, -0.2) is 17.3 Å². The Balaban J connectivity index is 3.49. The highest BCUT2D eigenvalue weighted by molar-refractivity contribution is 7.99. The molecule has 0 aromatic carbocycles. The van der Waals surface area contributed by atoms with E-state index in [1.54, 1.807) is 0 Å². The molecule has 0 spiro atoms. The van der Waals surface area contributed by atoms with Gasteiger partial charge in [-0.3, -0.25) is 0 Å². The molecule has 0 fully saturated rings. The summed E-state index contributed by atoms with van der Waals surface area (Å²) in [7, 11) is 0. The van der Waals surface area contributed by atoms with E-state index in [9.17, 15) is 0 Å². The van der Waals surface area contributed by atoms with Gasteiger partial charge in [-0.2, -0.15) is 24.4 Å². The van der Waals surface area contributed by atoms with Gasteiger partial charge in [-0.1, -0.05) is 34.1 Å². The van der Waals surface area contributed by atoms with Crippen molar-refractivity contribution in [1.29, 1.82) is 0 Å². The molecule has 0 saturated carbocycles. The van der Waals surface area contributed by atoms with Crippen LogP contribution in [0.3, 0.4) is 0 Å². The Labute approximate surface area is 93.7 Å². The van der Waals surface area contributed by atoms with E-state index in [1.165, 1.54) is 17.9 Å². The zero-order valence-corrected chi connectivity index (χ0v) is 11.1. The molecule has 0 nitrogen and oxygen atoms in total. The van der Waals surface area contributed by atoms with E-state index >= 15 is 0 Å². The molecule has 0 heterocycles. The maximum atomic E-state index is 4.39. The number of hydrogen-bond donors (Lipinski definition) is 1. The molecule has 0 aliphatic heterocycles. The Bertz CT molecular complexity index is 113. The summed E-state index contributed by atoms with van der Waals surface area (Å²) in [4.78, 5) is 0. The lowest BCUT2D eigenvalue weighted by molar-refractivity contribution is 0.472. The quantitative estimate of drug-likeness (QED) is 0.634. The summed E-state index contributed by atoms with van der Waals surface area (Å²) in [6.45, 7) is 9.19. The molecule has 0 bridgehead atoms. The Morgan fingerprint density at radius 2 is 1.77 bits per heavy atom. The van der Waals surface area contributed by atoms with Crippen molar-refractivity contribution >= 4 is 24.4 Å². The molecule has 2 unspecified atom stereocenters. The smallest absolute Gasteiger partial charge is 0.00288 e. The maximum absolute atomic E-state index is 4.39. The van der Waals surface area contributed by atoms with Crippen LogP contribution in [0.1, 0.15) is 34.1 Å². The summed E-state index contributed by atoms with van der Waals surface area (Å²) in [5, 5.41) is 0. The Hall–Kier alpha value is 0.700. The van der Waals surface area contributed by atoms with E-state index in [0.29, 0.717) is 0 Å². The highest BCUT2D eigenvalue weighted by Crippen LogP contribution is 2.20. The van der Waals surface area contributed by atoms with Gasteiger partial charge in [0.25, 0.3) is 0 Å². The summed E-state index contributed by atoms with van der Waals surface area (Å²) in [6.07, 6.45) is 1.31. The first kappa shape index (κ1) is 13.7. The first-order valence-electron chi connectivity index (χ1n) is 5.30. The molecule has 0 aromatic heterocycles. The Morgan fingerprint density at radius 1 is 1.15 bits per heavy atom. The largest absolute Gasteiger partial charge is 0.179 e. The van der Waals surface area contributed by atoms with E-state index in [4.69, 9.17) is 0 Å². The van der Waals surface area contributed by atoms with E-state index in [-0.39, 0.29) is 0 Å². The van der Waals surface area contributed by atoms with Crippen LogP contribution in [0.25, 0.3) is 0 Å². The van der Waals surface area contributed by atoms with Gasteiger partial charge in [-0.05, 0) is 35.0 Å². The first-order valence-corrected chi connectivity index (χ1v) is 7.09. The Morgan fingerprint density at radius 3 is 2.15 bits per heavy atom. The second-order valence-corrected chi connectivity index (χ2v) is 5.68. The van der Waals surface area contributed by atoms with Gasteiger partial charge >= 0.3 is 0 Å². The van der Waals surface area contributed by atoms with Crippen LogP contribution < -0.4 is 0 Å². The highest BCUT2D eigenvalue weighted by atomic mass is 32.2. The number of rotatable bonds is 7. The van der Waals surface area contributed by atoms with Crippen LogP contribution in [0.4, 0.5) is 0 Å². The van der Waals surface area contributed by atoms with E-state index in [2.05, 4.69) is 52.1 Å². The second kappa shape index (κ2) is 8.05. The molecule has 0 aliphatic carbocycles. The topological polar surface area (TPSA) is 0 Å². The van der Waals surface area contributed by atoms with Crippen molar-refractivity contribution in [3.05, 3.63) is 0 Å². The fourth-order valence-electron chi connectivity index (χ4n) is 0.994. The van der Waals surface area contributed by atoms with Gasteiger partial charge in [0, 0.05) is 0 Å². The molecule has 80 valence electrons. The Kier molecular flexibility index (Phi) is 8.48. The van der Waals surface area contributed by atoms with Crippen LogP contribution in [0.15, 0.2) is 0 Å². The molecule has 0 radical (unpaired) electrons. The summed E-state index contributed by atoms with van der Waals surface area (Å²) in [5.41, 5.74) is 0. The zero-order chi connectivity index (χ0) is 10.3. The van der Waals surface area contributed by atoms with E-state index in [0.717, 1.165) is 23.5 Å². The van der Waals surface area contributed by atoms with Gasteiger partial charge in [-0.15, -0.1) is 0 Å². The lowest BCUT2D eigenvalue weighted by atomic mass is 10.0. The van der Waals surface area contributed by atoms with Crippen LogP contribution in [0, 0.1) is 17.8 Å². The van der Waals surface area contributed by atoms with Crippen molar-refractivity contribution in [3.63, 3.8) is 0 Å². The standard InChI is InChI=1S/C11H24S2/c1-5-10(4)7-13-8-11(6-12)9(2)3/h9-12H,5-8H2,1-4H3. The predicted molar refractivity (Wildman–Crippen MR) is 69.0 cm³/mol. The molecule has 2 atom stereocenters. The normalized spacial score (nSPS) is 16.2. The highest BCUT2D eigenvalue weighted by Gasteiger charge is 2.11. The van der Waals surface area contributed by atoms with E-state index < -0.39 is 0 Å². The minimum Gasteiger partial charge on any atom is -0.179 e. The van der Waals surface area contributed by atoms with Crippen molar-refractivity contribution < 1.29 is 0 Å². The number of thioether (sulfide) groups is 1. The zero-order valence-electron chi connectivity index (χ0n) is 9.42. The summed E-state index contributed by atoms with van der Waals surface area (Å²) in [5.74, 6) is 6.07. The lowest BCUT2D eigenvalue weighted by Crippen LogP contribution is -2.14. The molecular formula is C11H24S2. The van der Waals surface area contributed by atoms with Crippen LogP contribution in [0.5, 0.6) is 0 Å². The third-order valence-electron chi connectivity index (χ3n) is 2.61. The summed E-state index contributed by atoms with van der Waals surface area (Å²) in [6, 6.07) is 0. The third kappa shape index (κ3) is 6.73. The van der Waals surface area contributed by atoms with Crippen LogP contribution in [0.2, 0.25) is 0 Å². The van der Waals surface area contributed by atoms with Crippen molar-refractivity contribution in [3.8, 4) is 0 Å². The first-order chi connectivity index (χ1) is 6.11. The van der Waals surface area contributed by atoms with E-state index in [1.807, 2.05) is 0 Å². The fourth-order valence-corrected chi connectivity index (χ4v) is 3.30. The lowest BCUT2D eigenvalue weighted by Gasteiger charge is -2.18. The predicted octanol–water partition coefficient (Wildman–Crippen LogP) is 3.97. The SMILES string of the molecule is CCC(C)CSCC(CS)C(C)C. The monoisotopic (exact) mass is 220 g/mol. The number of hydrogen-bond acceptors (Lipinski definition) is 2. The average molecular weight is 220 g/mol. The van der Waals surface area contributed by atoms with Crippen molar-refractivity contribution in [2.45, 2.75) is 34.1 Å². The molecular weight excluding hydrogens is 196 g/mol. The molecule has 0 saturated heterocycles. The fraction of sp³-hybridized carbons (Fsp3) is 1.00. The van der Waals surface area contributed by atoms with Gasteiger partial charge in [0.1, 0.15) is 0 Å². The minimum atomic E-state index is 0.780. The van der Waals surface area contributed by atoms with Crippen molar-refractivity contribution in [2.75, 3.05) is 17.3 Å². The van der Waals surface area contributed by atoms with Crippen molar-refractivity contribution in [2.24, 2.45) is 17.8 Å². The van der Waals surface area contributed by atoms with Gasteiger partial charge in [0.2, 0.25) is 0 Å². The van der Waals surface area contributed by atoms with Gasteiger partial charge in [0.15, 0.2) is 0 Å². The molecule has 0 rings (SSSR count).